The maximum Gasteiger partial charge on any atom is 0.237 e. The number of aromatic hydroxyl groups is 1. The molecule has 0 unspecified atom stereocenters. The van der Waals surface area contributed by atoms with Gasteiger partial charge in [0.05, 0.1) is 11.3 Å². The van der Waals surface area contributed by atoms with Crippen LogP contribution in [-0.4, -0.2) is 11.4 Å². The van der Waals surface area contributed by atoms with Crippen molar-refractivity contribution in [3.8, 4) is 5.75 Å². The van der Waals surface area contributed by atoms with Crippen LogP contribution in [0.1, 0.15) is 5.56 Å². The van der Waals surface area contributed by atoms with Crippen molar-refractivity contribution in [1.82, 2.24) is 0 Å². The number of para-hydroxylation sites is 1. The molecule has 1 radical (unpaired) electrons. The molecule has 3 heteroatoms. The van der Waals surface area contributed by atoms with E-state index in [2.05, 4.69) is 0 Å². The van der Waals surface area contributed by atoms with Gasteiger partial charge in [-0.05, 0) is 12.1 Å². The van der Waals surface area contributed by atoms with Crippen LogP contribution in [0.15, 0.2) is 18.2 Å². The molecule has 0 atom stereocenters. The van der Waals surface area contributed by atoms with Crippen molar-refractivity contribution < 1.29 is 9.90 Å². The fraction of sp³-hybridized carbons (Fsp3) is 0. The number of phenols is 1. The van der Waals surface area contributed by atoms with Gasteiger partial charge in [0.2, 0.25) is 6.29 Å². The summed E-state index contributed by atoms with van der Waals surface area (Å²) < 4.78 is 0. The lowest BCUT2D eigenvalue weighted by Gasteiger charge is -1.97. The summed E-state index contributed by atoms with van der Waals surface area (Å²) in [5, 5.41) is 9.01. The number of carbonyl (C=O) groups excluding carboxylic acids is 1. The predicted octanol–water partition coefficient (Wildman–Crippen LogP) is 0.432. The standard InChI is InChI=1S/C7H6NO2/c8-6-3-1-2-5(4-9)7(6)10/h1-3,10H,8H2. The maximum absolute atomic E-state index is 10.0. The van der Waals surface area contributed by atoms with Crippen LogP contribution >= 0.6 is 0 Å². The minimum absolute atomic E-state index is 0.0972. The highest BCUT2D eigenvalue weighted by molar-refractivity contribution is 5.82. The Balaban J connectivity index is 3.27. The molecule has 0 spiro atoms. The van der Waals surface area contributed by atoms with Crippen LogP contribution in [-0.2, 0) is 4.79 Å². The van der Waals surface area contributed by atoms with Crippen molar-refractivity contribution in [1.29, 1.82) is 0 Å². The molecule has 0 bridgehead atoms. The smallest absolute Gasteiger partial charge is 0.237 e. The van der Waals surface area contributed by atoms with E-state index in [1.807, 2.05) is 0 Å². The Bertz CT molecular complexity index is 258. The lowest BCUT2D eigenvalue weighted by atomic mass is 10.2. The number of benzene rings is 1. The third-order valence-corrected chi connectivity index (χ3v) is 1.18. The van der Waals surface area contributed by atoms with Gasteiger partial charge in [0.15, 0.2) is 0 Å². The lowest BCUT2D eigenvalue weighted by molar-refractivity contribution is 0.474. The van der Waals surface area contributed by atoms with Crippen LogP contribution in [0.5, 0.6) is 5.75 Å². The molecule has 0 amide bonds. The summed E-state index contributed by atoms with van der Waals surface area (Å²) in [6.07, 6.45) is 1.56. The van der Waals surface area contributed by atoms with E-state index in [-0.39, 0.29) is 17.0 Å². The van der Waals surface area contributed by atoms with Crippen molar-refractivity contribution in [2.75, 3.05) is 5.73 Å². The number of phenolic OH excluding ortho intramolecular Hbond substituents is 1. The number of hydrogen-bond donors (Lipinski definition) is 2. The Morgan fingerprint density at radius 1 is 1.50 bits per heavy atom. The highest BCUT2D eigenvalue weighted by Gasteiger charge is 2.01. The number of rotatable bonds is 1. The van der Waals surface area contributed by atoms with Crippen molar-refractivity contribution in [2.24, 2.45) is 0 Å². The zero-order chi connectivity index (χ0) is 7.56. The first-order valence-corrected chi connectivity index (χ1v) is 2.71. The number of anilines is 1. The van der Waals surface area contributed by atoms with Crippen molar-refractivity contribution in [3.63, 3.8) is 0 Å². The van der Waals surface area contributed by atoms with E-state index in [1.165, 1.54) is 12.1 Å². The van der Waals surface area contributed by atoms with E-state index in [4.69, 9.17) is 10.8 Å². The average molecular weight is 136 g/mol. The summed E-state index contributed by atoms with van der Waals surface area (Å²) in [5.41, 5.74) is 5.56. The predicted molar refractivity (Wildman–Crippen MR) is 37.3 cm³/mol. The summed E-state index contributed by atoms with van der Waals surface area (Å²) in [5.74, 6) is -0.197. The van der Waals surface area contributed by atoms with E-state index in [0.29, 0.717) is 0 Å². The van der Waals surface area contributed by atoms with Gasteiger partial charge in [0.25, 0.3) is 0 Å². The zero-order valence-electron chi connectivity index (χ0n) is 5.16. The fourth-order valence-corrected chi connectivity index (χ4v) is 0.644. The normalized spacial score (nSPS) is 9.20. The largest absolute Gasteiger partial charge is 0.505 e. The third kappa shape index (κ3) is 0.932. The highest BCUT2D eigenvalue weighted by Crippen LogP contribution is 2.21. The summed E-state index contributed by atoms with van der Waals surface area (Å²) >= 11 is 0. The van der Waals surface area contributed by atoms with Crippen molar-refractivity contribution in [3.05, 3.63) is 23.8 Å². The van der Waals surface area contributed by atoms with Gasteiger partial charge in [-0.1, -0.05) is 6.07 Å². The van der Waals surface area contributed by atoms with Crippen LogP contribution < -0.4 is 5.73 Å². The maximum atomic E-state index is 10.0. The van der Waals surface area contributed by atoms with Gasteiger partial charge in [-0.2, -0.15) is 0 Å². The molecule has 1 aromatic carbocycles. The fourth-order valence-electron chi connectivity index (χ4n) is 0.644. The van der Waals surface area contributed by atoms with Crippen LogP contribution in [0.4, 0.5) is 5.69 Å². The van der Waals surface area contributed by atoms with Gasteiger partial charge in [-0.3, -0.25) is 4.79 Å². The van der Waals surface area contributed by atoms with Gasteiger partial charge in [0.1, 0.15) is 5.75 Å². The molecule has 0 aromatic heterocycles. The van der Waals surface area contributed by atoms with Gasteiger partial charge >= 0.3 is 0 Å². The second kappa shape index (κ2) is 2.39. The first kappa shape index (κ1) is 6.61. The van der Waals surface area contributed by atoms with Gasteiger partial charge in [-0.25, -0.2) is 0 Å². The van der Waals surface area contributed by atoms with Crippen LogP contribution in [0, 0.1) is 0 Å². The van der Waals surface area contributed by atoms with E-state index in [9.17, 15) is 4.79 Å². The summed E-state index contributed by atoms with van der Waals surface area (Å²) in [6.45, 7) is 0. The molecule has 1 rings (SSSR count). The SMILES string of the molecule is Nc1cccc([C]=O)c1O. The van der Waals surface area contributed by atoms with E-state index in [0.717, 1.165) is 0 Å². The molecule has 0 saturated carbocycles. The number of nitrogen functional groups attached to an aromatic ring is 1. The first-order chi connectivity index (χ1) is 4.75. The van der Waals surface area contributed by atoms with Gasteiger partial charge < -0.3 is 10.8 Å². The highest BCUT2D eigenvalue weighted by atomic mass is 16.3. The molecule has 0 aliphatic carbocycles. The van der Waals surface area contributed by atoms with Crippen LogP contribution in [0.25, 0.3) is 0 Å². The van der Waals surface area contributed by atoms with Crippen LogP contribution in [0.3, 0.4) is 0 Å². The molecule has 0 heterocycles. The molecule has 3 N–H and O–H groups in total. The van der Waals surface area contributed by atoms with Gasteiger partial charge in [-0.15, -0.1) is 0 Å². The molecular formula is C7H6NO2. The monoisotopic (exact) mass is 136 g/mol. The Morgan fingerprint density at radius 3 is 2.70 bits per heavy atom. The molecule has 10 heavy (non-hydrogen) atoms. The number of hydrogen-bond acceptors (Lipinski definition) is 3. The second-order valence-electron chi connectivity index (χ2n) is 1.85. The molecular weight excluding hydrogens is 130 g/mol. The zero-order valence-corrected chi connectivity index (χ0v) is 5.16. The second-order valence-corrected chi connectivity index (χ2v) is 1.85. The summed E-state index contributed by atoms with van der Waals surface area (Å²) in [7, 11) is 0. The van der Waals surface area contributed by atoms with Crippen molar-refractivity contribution >= 4 is 12.0 Å². The minimum atomic E-state index is -0.197. The van der Waals surface area contributed by atoms with E-state index >= 15 is 0 Å². The lowest BCUT2D eigenvalue weighted by Crippen LogP contribution is -1.88. The van der Waals surface area contributed by atoms with E-state index < -0.39 is 0 Å². The topological polar surface area (TPSA) is 63.3 Å². The molecule has 51 valence electrons. The van der Waals surface area contributed by atoms with Crippen LogP contribution in [0.2, 0.25) is 0 Å². The minimum Gasteiger partial charge on any atom is -0.505 e. The Labute approximate surface area is 58.1 Å². The Morgan fingerprint density at radius 2 is 2.20 bits per heavy atom. The summed E-state index contributed by atoms with van der Waals surface area (Å²) in [6, 6.07) is 4.53. The number of nitrogens with two attached hydrogens (primary N) is 1. The Hall–Kier alpha value is -1.51. The van der Waals surface area contributed by atoms with E-state index in [1.54, 1.807) is 12.4 Å². The average Bonchev–Trinajstić information content (AvgIpc) is 1.95. The quantitative estimate of drug-likeness (QED) is 0.434. The molecule has 0 aliphatic heterocycles. The summed E-state index contributed by atoms with van der Waals surface area (Å²) in [4.78, 5) is 10.0. The molecule has 0 saturated heterocycles. The molecule has 0 fully saturated rings. The molecule has 0 aliphatic rings. The molecule has 1 aromatic rings. The van der Waals surface area contributed by atoms with Gasteiger partial charge in [0, 0.05) is 0 Å². The Kier molecular flexibility index (Phi) is 1.58. The van der Waals surface area contributed by atoms with Crippen molar-refractivity contribution in [2.45, 2.75) is 0 Å². The third-order valence-electron chi connectivity index (χ3n) is 1.18. The molecule has 3 nitrogen and oxygen atoms in total. The first-order valence-electron chi connectivity index (χ1n) is 2.71.